The summed E-state index contributed by atoms with van der Waals surface area (Å²) in [4.78, 5) is 28.9. The van der Waals surface area contributed by atoms with Gasteiger partial charge < -0.3 is 14.6 Å². The molecule has 1 saturated heterocycles. The van der Waals surface area contributed by atoms with E-state index in [0.717, 1.165) is 29.8 Å². The Labute approximate surface area is 186 Å². The Morgan fingerprint density at radius 3 is 2.38 bits per heavy atom. The summed E-state index contributed by atoms with van der Waals surface area (Å²) in [7, 11) is 0.500. The molecular formula is C24H27FN4O3. The number of ether oxygens (including phenoxy) is 1. The van der Waals surface area contributed by atoms with Crippen LogP contribution < -0.4 is 10.2 Å². The van der Waals surface area contributed by atoms with Gasteiger partial charge in [-0.2, -0.15) is 0 Å². The second kappa shape index (κ2) is 11.1. The number of amides is 2. The standard InChI is InChI=1S/C23H24N4O3.CH3F/c1-17(28)25-14-22-15-27(23(29)30-22)21-8-6-20(7-9-21)19-4-2-18(3-5-19)10-12-26-13-11-24-16-26;1-2/h2-9,11,13,16,22H,10,12,14-15H2,1H3,(H,25,28);1H3. The van der Waals surface area contributed by atoms with Crippen LogP contribution in [0.4, 0.5) is 14.9 Å². The normalized spacial score (nSPS) is 15.0. The number of carbonyl (C=O) groups excluding carboxylic acids is 2. The van der Waals surface area contributed by atoms with Crippen molar-refractivity contribution in [1.29, 1.82) is 0 Å². The number of cyclic esters (lactones) is 1. The van der Waals surface area contributed by atoms with E-state index in [2.05, 4.69) is 39.1 Å². The van der Waals surface area contributed by atoms with E-state index in [1.54, 1.807) is 11.1 Å². The first-order chi connectivity index (χ1) is 15.6. The highest BCUT2D eigenvalue weighted by atomic mass is 19.1. The third-order valence-electron chi connectivity index (χ3n) is 5.14. The van der Waals surface area contributed by atoms with Crippen molar-refractivity contribution in [2.75, 3.05) is 25.2 Å². The molecule has 168 valence electrons. The van der Waals surface area contributed by atoms with E-state index >= 15 is 0 Å². The van der Waals surface area contributed by atoms with Crippen molar-refractivity contribution in [2.24, 2.45) is 0 Å². The molecule has 1 unspecified atom stereocenters. The summed E-state index contributed by atoms with van der Waals surface area (Å²) in [6.45, 7) is 3.09. The lowest BCUT2D eigenvalue weighted by molar-refractivity contribution is -0.119. The molecule has 1 aliphatic heterocycles. The minimum Gasteiger partial charge on any atom is -0.442 e. The number of halogens is 1. The van der Waals surface area contributed by atoms with E-state index in [4.69, 9.17) is 4.74 Å². The highest BCUT2D eigenvalue weighted by Crippen LogP contribution is 2.26. The summed E-state index contributed by atoms with van der Waals surface area (Å²) in [6.07, 6.45) is 5.81. The van der Waals surface area contributed by atoms with Crippen molar-refractivity contribution in [3.63, 3.8) is 0 Å². The number of hydrogen-bond acceptors (Lipinski definition) is 4. The monoisotopic (exact) mass is 438 g/mol. The summed E-state index contributed by atoms with van der Waals surface area (Å²) in [5.74, 6) is -0.137. The van der Waals surface area contributed by atoms with E-state index < -0.39 is 0 Å². The van der Waals surface area contributed by atoms with Crippen molar-refractivity contribution in [3.8, 4) is 11.1 Å². The zero-order valence-electron chi connectivity index (χ0n) is 18.2. The second-order valence-electron chi connectivity index (χ2n) is 7.35. The fourth-order valence-corrected chi connectivity index (χ4v) is 3.47. The van der Waals surface area contributed by atoms with Gasteiger partial charge in [-0.25, -0.2) is 9.78 Å². The third-order valence-corrected chi connectivity index (χ3v) is 5.14. The maximum absolute atomic E-state index is 12.2. The van der Waals surface area contributed by atoms with Gasteiger partial charge in [-0.1, -0.05) is 36.4 Å². The van der Waals surface area contributed by atoms with E-state index in [0.29, 0.717) is 20.3 Å². The van der Waals surface area contributed by atoms with E-state index in [-0.39, 0.29) is 18.1 Å². The number of aromatic nitrogens is 2. The molecule has 0 bridgehead atoms. The predicted octanol–water partition coefficient (Wildman–Crippen LogP) is 3.84. The van der Waals surface area contributed by atoms with Gasteiger partial charge in [-0.15, -0.1) is 0 Å². The Morgan fingerprint density at radius 1 is 1.12 bits per heavy atom. The number of nitrogens with zero attached hydrogens (tertiary/aromatic N) is 3. The van der Waals surface area contributed by atoms with Crippen LogP contribution in [0.3, 0.4) is 0 Å². The summed E-state index contributed by atoms with van der Waals surface area (Å²) in [6, 6.07) is 16.4. The van der Waals surface area contributed by atoms with Crippen molar-refractivity contribution < 1.29 is 18.7 Å². The van der Waals surface area contributed by atoms with Gasteiger partial charge >= 0.3 is 6.09 Å². The first-order valence-electron chi connectivity index (χ1n) is 10.3. The van der Waals surface area contributed by atoms with Gasteiger partial charge in [0.25, 0.3) is 0 Å². The fourth-order valence-electron chi connectivity index (χ4n) is 3.47. The minimum absolute atomic E-state index is 0.137. The van der Waals surface area contributed by atoms with E-state index in [9.17, 15) is 14.0 Å². The lowest BCUT2D eigenvalue weighted by Gasteiger charge is -2.14. The quantitative estimate of drug-likeness (QED) is 0.608. The molecule has 32 heavy (non-hydrogen) atoms. The number of aryl methyl sites for hydroxylation is 2. The number of alkyl halides is 1. The molecule has 2 heterocycles. The number of carbonyl (C=O) groups is 2. The van der Waals surface area contributed by atoms with Crippen LogP contribution >= 0.6 is 0 Å². The number of benzene rings is 2. The van der Waals surface area contributed by atoms with Crippen molar-refractivity contribution >= 4 is 17.7 Å². The number of hydrogen-bond donors (Lipinski definition) is 1. The third kappa shape index (κ3) is 5.94. The van der Waals surface area contributed by atoms with Crippen LogP contribution in [0.25, 0.3) is 11.1 Å². The lowest BCUT2D eigenvalue weighted by atomic mass is 10.0. The van der Waals surface area contributed by atoms with Gasteiger partial charge in [0.15, 0.2) is 0 Å². The molecule has 1 aliphatic rings. The SMILES string of the molecule is CC(=O)NCC1CN(c2ccc(-c3ccc(CCn4ccnc4)cc3)cc2)C(=O)O1.CF. The molecule has 7 nitrogen and oxygen atoms in total. The Morgan fingerprint density at radius 2 is 1.78 bits per heavy atom. The number of imidazole rings is 1. The summed E-state index contributed by atoms with van der Waals surface area (Å²) < 4.78 is 16.9. The molecular weight excluding hydrogens is 411 g/mol. The van der Waals surface area contributed by atoms with Crippen molar-refractivity contribution in [1.82, 2.24) is 14.9 Å². The topological polar surface area (TPSA) is 76.5 Å². The van der Waals surface area contributed by atoms with Crippen LogP contribution in [0.2, 0.25) is 0 Å². The van der Waals surface area contributed by atoms with Gasteiger partial charge in [0.1, 0.15) is 6.10 Å². The molecule has 1 fully saturated rings. The van der Waals surface area contributed by atoms with Crippen LogP contribution in [0.5, 0.6) is 0 Å². The summed E-state index contributed by atoms with van der Waals surface area (Å²) in [5, 5.41) is 2.68. The first kappa shape index (κ1) is 23.0. The first-order valence-corrected chi connectivity index (χ1v) is 10.3. The molecule has 1 aromatic heterocycles. The number of rotatable bonds is 7. The van der Waals surface area contributed by atoms with Crippen LogP contribution in [0.15, 0.2) is 67.3 Å². The van der Waals surface area contributed by atoms with Crippen LogP contribution in [0.1, 0.15) is 12.5 Å². The largest absolute Gasteiger partial charge is 0.442 e. The highest BCUT2D eigenvalue weighted by molar-refractivity contribution is 5.90. The second-order valence-corrected chi connectivity index (χ2v) is 7.35. The Kier molecular flexibility index (Phi) is 7.96. The van der Waals surface area contributed by atoms with Crippen LogP contribution in [-0.2, 0) is 22.5 Å². The number of anilines is 1. The molecule has 2 amide bonds. The molecule has 4 rings (SSSR count). The van der Waals surface area contributed by atoms with Gasteiger partial charge in [-0.05, 0) is 35.2 Å². The molecule has 0 spiro atoms. The van der Waals surface area contributed by atoms with E-state index in [1.165, 1.54) is 12.5 Å². The zero-order valence-corrected chi connectivity index (χ0v) is 18.2. The molecule has 0 radical (unpaired) electrons. The Hall–Kier alpha value is -3.68. The summed E-state index contributed by atoms with van der Waals surface area (Å²) in [5.41, 5.74) is 4.27. The van der Waals surface area contributed by atoms with Gasteiger partial charge in [-0.3, -0.25) is 14.1 Å². The smallest absolute Gasteiger partial charge is 0.414 e. The molecule has 1 atom stereocenters. The average Bonchev–Trinajstić information content (AvgIpc) is 3.48. The van der Waals surface area contributed by atoms with Gasteiger partial charge in [0.2, 0.25) is 5.91 Å². The number of nitrogens with one attached hydrogen (secondary N) is 1. The fraction of sp³-hybridized carbons (Fsp3) is 0.292. The maximum Gasteiger partial charge on any atom is 0.414 e. The Balaban J connectivity index is 0.00000141. The van der Waals surface area contributed by atoms with Crippen LogP contribution in [0, 0.1) is 0 Å². The zero-order chi connectivity index (χ0) is 22.9. The molecule has 2 aromatic carbocycles. The summed E-state index contributed by atoms with van der Waals surface area (Å²) >= 11 is 0. The van der Waals surface area contributed by atoms with E-state index in [1.807, 2.05) is 36.8 Å². The molecule has 1 N–H and O–H groups in total. The lowest BCUT2D eigenvalue weighted by Crippen LogP contribution is -2.33. The molecule has 0 saturated carbocycles. The Bertz CT molecular complexity index is 1000. The van der Waals surface area contributed by atoms with Crippen molar-refractivity contribution in [3.05, 3.63) is 72.8 Å². The average molecular weight is 439 g/mol. The minimum atomic E-state index is -0.389. The highest BCUT2D eigenvalue weighted by Gasteiger charge is 2.32. The van der Waals surface area contributed by atoms with Crippen molar-refractivity contribution in [2.45, 2.75) is 26.0 Å². The van der Waals surface area contributed by atoms with Crippen LogP contribution in [-0.4, -0.2) is 47.9 Å². The molecule has 3 aromatic rings. The van der Waals surface area contributed by atoms with Gasteiger partial charge in [0, 0.05) is 31.5 Å². The predicted molar refractivity (Wildman–Crippen MR) is 121 cm³/mol. The molecule has 8 heteroatoms. The maximum atomic E-state index is 12.2. The molecule has 0 aliphatic carbocycles. The van der Waals surface area contributed by atoms with Gasteiger partial charge in [0.05, 0.1) is 26.6 Å².